The first-order valence-electron chi connectivity index (χ1n) is 6.10. The van der Waals surface area contributed by atoms with Crippen LogP contribution in [0.3, 0.4) is 0 Å². The van der Waals surface area contributed by atoms with Crippen LogP contribution in [0.1, 0.15) is 12.8 Å². The lowest BCUT2D eigenvalue weighted by molar-refractivity contribution is -0.0933. The predicted octanol–water partition coefficient (Wildman–Crippen LogP) is 2.60. The van der Waals surface area contributed by atoms with E-state index in [2.05, 4.69) is 16.8 Å². The third-order valence-corrected chi connectivity index (χ3v) is 3.67. The minimum atomic E-state index is -4.20. The molecule has 1 atom stereocenters. The minimum absolute atomic E-state index is 0.0256. The topological polar surface area (TPSA) is 6.48 Å². The molecule has 1 fully saturated rings. The summed E-state index contributed by atoms with van der Waals surface area (Å²) >= 11 is 0. The fourth-order valence-corrected chi connectivity index (χ4v) is 2.45. The summed E-state index contributed by atoms with van der Waals surface area (Å²) in [6.07, 6.45) is 1.28. The molecule has 0 aromatic carbocycles. The van der Waals surface area contributed by atoms with Crippen LogP contribution in [0.4, 0.5) is 13.2 Å². The van der Waals surface area contributed by atoms with Crippen molar-refractivity contribution in [2.45, 2.75) is 25.1 Å². The average Bonchev–Trinajstić information content (AvgIpc) is 2.74. The Balaban J connectivity index is 2.03. The fraction of sp³-hybridized carbons (Fsp3) is 0.615. The van der Waals surface area contributed by atoms with Crippen LogP contribution in [-0.4, -0.2) is 49.2 Å². The summed E-state index contributed by atoms with van der Waals surface area (Å²) in [5, 5.41) is 0. The molecule has 0 bridgehead atoms. The van der Waals surface area contributed by atoms with Gasteiger partial charge in [-0.25, -0.2) is 0 Å². The van der Waals surface area contributed by atoms with E-state index in [0.29, 0.717) is 6.04 Å². The van der Waals surface area contributed by atoms with E-state index in [1.165, 1.54) is 6.08 Å². The first-order chi connectivity index (χ1) is 8.38. The SMILES string of the molecule is CN1CCC(N(C)C2=CC=C(C(F)(F)F)C[CH]2)C1. The highest BCUT2D eigenvalue weighted by molar-refractivity contribution is 5.32. The summed E-state index contributed by atoms with van der Waals surface area (Å²) in [6, 6.07) is 0.401. The van der Waals surface area contributed by atoms with Gasteiger partial charge in [0.05, 0.1) is 0 Å². The molecular formula is C13H18F3N2. The van der Waals surface area contributed by atoms with E-state index in [-0.39, 0.29) is 6.42 Å². The van der Waals surface area contributed by atoms with Crippen molar-refractivity contribution in [1.29, 1.82) is 0 Å². The van der Waals surface area contributed by atoms with E-state index in [9.17, 15) is 13.2 Å². The van der Waals surface area contributed by atoms with Gasteiger partial charge < -0.3 is 9.80 Å². The molecule has 5 heteroatoms. The van der Waals surface area contributed by atoms with Gasteiger partial charge in [0, 0.05) is 37.3 Å². The van der Waals surface area contributed by atoms with Crippen molar-refractivity contribution in [3.8, 4) is 0 Å². The van der Waals surface area contributed by atoms with Gasteiger partial charge in [-0.05, 0) is 32.5 Å². The number of likely N-dealkylation sites (tertiary alicyclic amines) is 1. The molecule has 2 aliphatic rings. The van der Waals surface area contributed by atoms with Crippen molar-refractivity contribution in [3.63, 3.8) is 0 Å². The Bertz CT molecular complexity index is 371. The highest BCUT2D eigenvalue weighted by Crippen LogP contribution is 2.33. The van der Waals surface area contributed by atoms with E-state index in [1.807, 2.05) is 7.05 Å². The zero-order valence-corrected chi connectivity index (χ0v) is 10.7. The summed E-state index contributed by atoms with van der Waals surface area (Å²) in [6.45, 7) is 2.02. The van der Waals surface area contributed by atoms with E-state index < -0.39 is 11.7 Å². The molecule has 1 aliphatic heterocycles. The van der Waals surface area contributed by atoms with Gasteiger partial charge >= 0.3 is 6.18 Å². The molecule has 1 heterocycles. The Labute approximate surface area is 106 Å². The number of halogens is 3. The largest absolute Gasteiger partial charge is 0.412 e. The minimum Gasteiger partial charge on any atom is -0.373 e. The molecule has 18 heavy (non-hydrogen) atoms. The summed E-state index contributed by atoms with van der Waals surface area (Å²) in [5.74, 6) is 0. The number of hydrogen-bond donors (Lipinski definition) is 0. The molecule has 0 aromatic heterocycles. The maximum atomic E-state index is 12.5. The average molecular weight is 259 g/mol. The number of likely N-dealkylation sites (N-methyl/N-ethyl adjacent to an activating group) is 2. The van der Waals surface area contributed by atoms with Gasteiger partial charge in [-0.1, -0.05) is 6.08 Å². The van der Waals surface area contributed by atoms with Gasteiger partial charge in [-0.15, -0.1) is 0 Å². The Hall–Kier alpha value is -0.970. The van der Waals surface area contributed by atoms with Crippen LogP contribution < -0.4 is 0 Å². The van der Waals surface area contributed by atoms with Gasteiger partial charge in [-0.3, -0.25) is 0 Å². The van der Waals surface area contributed by atoms with Gasteiger partial charge in [0.1, 0.15) is 0 Å². The maximum Gasteiger partial charge on any atom is 0.412 e. The Morgan fingerprint density at radius 1 is 1.33 bits per heavy atom. The summed E-state index contributed by atoms with van der Waals surface area (Å²) in [4.78, 5) is 4.33. The van der Waals surface area contributed by atoms with Crippen LogP contribution in [0.15, 0.2) is 23.4 Å². The highest BCUT2D eigenvalue weighted by Gasteiger charge is 2.34. The van der Waals surface area contributed by atoms with Crippen molar-refractivity contribution < 1.29 is 13.2 Å². The van der Waals surface area contributed by atoms with Crippen molar-refractivity contribution in [1.82, 2.24) is 9.80 Å². The van der Waals surface area contributed by atoms with Crippen LogP contribution in [0, 0.1) is 6.42 Å². The molecule has 0 aromatic rings. The first-order valence-corrected chi connectivity index (χ1v) is 6.10. The first kappa shape index (κ1) is 13.5. The number of alkyl halides is 3. The van der Waals surface area contributed by atoms with Gasteiger partial charge in [0.15, 0.2) is 0 Å². The molecule has 0 amide bonds. The van der Waals surface area contributed by atoms with Crippen molar-refractivity contribution in [2.75, 3.05) is 27.2 Å². The second-order valence-corrected chi connectivity index (χ2v) is 5.01. The standard InChI is InChI=1S/C13H18F3N2/c1-17-8-7-12(9-17)18(2)11-5-3-10(4-6-11)13(14,15)16/h3,5-6,12H,4,7-9H2,1-2H3. The third kappa shape index (κ3) is 2.88. The summed E-state index contributed by atoms with van der Waals surface area (Å²) < 4.78 is 37.5. The van der Waals surface area contributed by atoms with Crippen LogP contribution in [0.5, 0.6) is 0 Å². The maximum absolute atomic E-state index is 12.5. The van der Waals surface area contributed by atoms with Crippen molar-refractivity contribution in [2.24, 2.45) is 0 Å². The van der Waals surface area contributed by atoms with Crippen LogP contribution >= 0.6 is 0 Å². The molecule has 1 unspecified atom stereocenters. The zero-order chi connectivity index (χ0) is 13.3. The lowest BCUT2D eigenvalue weighted by Crippen LogP contribution is -2.34. The number of allylic oxidation sites excluding steroid dienone is 4. The van der Waals surface area contributed by atoms with Crippen LogP contribution in [0.25, 0.3) is 0 Å². The molecular weight excluding hydrogens is 241 g/mol. The van der Waals surface area contributed by atoms with E-state index >= 15 is 0 Å². The second kappa shape index (κ2) is 4.96. The second-order valence-electron chi connectivity index (χ2n) is 5.01. The molecule has 2 nitrogen and oxygen atoms in total. The molecule has 0 N–H and O–H groups in total. The molecule has 0 saturated carbocycles. The molecule has 1 radical (unpaired) electrons. The van der Waals surface area contributed by atoms with Crippen LogP contribution in [0.2, 0.25) is 0 Å². The van der Waals surface area contributed by atoms with Crippen molar-refractivity contribution >= 4 is 0 Å². The van der Waals surface area contributed by atoms with Crippen LogP contribution in [-0.2, 0) is 0 Å². The van der Waals surface area contributed by atoms with Gasteiger partial charge in [0.25, 0.3) is 0 Å². The third-order valence-electron chi connectivity index (χ3n) is 3.67. The van der Waals surface area contributed by atoms with E-state index in [4.69, 9.17) is 0 Å². The van der Waals surface area contributed by atoms with E-state index in [1.54, 1.807) is 12.5 Å². The number of nitrogens with zero attached hydrogens (tertiary/aromatic N) is 2. The monoisotopic (exact) mass is 259 g/mol. The highest BCUT2D eigenvalue weighted by atomic mass is 19.4. The number of hydrogen-bond acceptors (Lipinski definition) is 2. The number of rotatable bonds is 2. The zero-order valence-electron chi connectivity index (χ0n) is 10.7. The normalized spacial score (nSPS) is 25.9. The van der Waals surface area contributed by atoms with E-state index in [0.717, 1.165) is 25.2 Å². The van der Waals surface area contributed by atoms with Crippen molar-refractivity contribution in [3.05, 3.63) is 29.8 Å². The summed E-state index contributed by atoms with van der Waals surface area (Å²) in [7, 11) is 4.02. The molecule has 0 spiro atoms. The lowest BCUT2D eigenvalue weighted by Gasteiger charge is -2.30. The fourth-order valence-electron chi connectivity index (χ4n) is 2.45. The summed E-state index contributed by atoms with van der Waals surface area (Å²) in [5.41, 5.74) is 0.423. The molecule has 2 rings (SSSR count). The quantitative estimate of drug-likeness (QED) is 0.752. The molecule has 1 saturated heterocycles. The molecule has 101 valence electrons. The van der Waals surface area contributed by atoms with Gasteiger partial charge in [0.2, 0.25) is 0 Å². The Morgan fingerprint density at radius 3 is 2.50 bits per heavy atom. The van der Waals surface area contributed by atoms with Gasteiger partial charge in [-0.2, -0.15) is 13.2 Å². The Morgan fingerprint density at radius 2 is 2.06 bits per heavy atom. The predicted molar refractivity (Wildman–Crippen MR) is 64.8 cm³/mol. The Kier molecular flexibility index (Phi) is 3.71. The lowest BCUT2D eigenvalue weighted by atomic mass is 10.0. The molecule has 1 aliphatic carbocycles. The smallest absolute Gasteiger partial charge is 0.373 e.